The summed E-state index contributed by atoms with van der Waals surface area (Å²) in [5.74, 6) is -0.247. The highest BCUT2D eigenvalue weighted by atomic mass is 16.5. The fourth-order valence-corrected chi connectivity index (χ4v) is 1.73. The van der Waals surface area contributed by atoms with Gasteiger partial charge in [0.1, 0.15) is 0 Å². The molecule has 0 spiro atoms. The molecule has 122 valence electrons. The lowest BCUT2D eigenvalue weighted by Crippen LogP contribution is -2.39. The van der Waals surface area contributed by atoms with Crippen molar-refractivity contribution in [2.45, 2.75) is 67.9 Å². The van der Waals surface area contributed by atoms with Crippen LogP contribution in [0.15, 0.2) is 24.0 Å². The van der Waals surface area contributed by atoms with Crippen LogP contribution in [0.5, 0.6) is 0 Å². The van der Waals surface area contributed by atoms with Gasteiger partial charge in [0.2, 0.25) is 0 Å². The maximum atomic E-state index is 12.4. The molecule has 0 aliphatic rings. The SMILES string of the molecule is CC(C)=CC(C)(C(=O)OC=CCOC(C)(C)C)C(C)(C)C. The molecular formula is C18H32O3. The highest BCUT2D eigenvalue weighted by Gasteiger charge is 2.43. The van der Waals surface area contributed by atoms with E-state index in [4.69, 9.17) is 9.47 Å². The van der Waals surface area contributed by atoms with Crippen molar-refractivity contribution < 1.29 is 14.3 Å². The fraction of sp³-hybridized carbons (Fsp3) is 0.722. The van der Waals surface area contributed by atoms with Crippen LogP contribution >= 0.6 is 0 Å². The molecule has 21 heavy (non-hydrogen) atoms. The molecule has 0 N–H and O–H groups in total. The monoisotopic (exact) mass is 296 g/mol. The molecule has 0 amide bonds. The zero-order valence-electron chi connectivity index (χ0n) is 15.2. The van der Waals surface area contributed by atoms with Crippen LogP contribution in [0.2, 0.25) is 0 Å². The lowest BCUT2D eigenvalue weighted by atomic mass is 9.67. The number of ether oxygens (including phenoxy) is 2. The molecule has 0 heterocycles. The van der Waals surface area contributed by atoms with Gasteiger partial charge in [-0.2, -0.15) is 0 Å². The van der Waals surface area contributed by atoms with E-state index in [9.17, 15) is 4.79 Å². The topological polar surface area (TPSA) is 35.5 Å². The smallest absolute Gasteiger partial charge is 0.320 e. The summed E-state index contributed by atoms with van der Waals surface area (Å²) < 4.78 is 10.8. The lowest BCUT2D eigenvalue weighted by Gasteiger charge is -2.37. The number of hydrogen-bond acceptors (Lipinski definition) is 3. The first-order valence-corrected chi connectivity index (χ1v) is 7.46. The van der Waals surface area contributed by atoms with Crippen LogP contribution in [0.3, 0.4) is 0 Å². The van der Waals surface area contributed by atoms with E-state index in [1.165, 1.54) is 6.26 Å². The number of carbonyl (C=O) groups is 1. The molecule has 0 bridgehead atoms. The number of esters is 1. The van der Waals surface area contributed by atoms with E-state index in [-0.39, 0.29) is 17.0 Å². The predicted octanol–water partition coefficient (Wildman–Crippen LogP) is 4.88. The molecule has 0 rings (SSSR count). The van der Waals surface area contributed by atoms with E-state index in [1.807, 2.05) is 68.4 Å². The Kier molecular flexibility index (Phi) is 6.88. The molecule has 3 nitrogen and oxygen atoms in total. The van der Waals surface area contributed by atoms with Gasteiger partial charge in [0.15, 0.2) is 0 Å². The van der Waals surface area contributed by atoms with Crippen LogP contribution < -0.4 is 0 Å². The van der Waals surface area contributed by atoms with Crippen molar-refractivity contribution in [1.29, 1.82) is 0 Å². The van der Waals surface area contributed by atoms with Crippen LogP contribution in [0.4, 0.5) is 0 Å². The number of allylic oxidation sites excluding steroid dienone is 1. The van der Waals surface area contributed by atoms with Gasteiger partial charge in [0.25, 0.3) is 0 Å². The first kappa shape index (κ1) is 19.9. The summed E-state index contributed by atoms with van der Waals surface area (Å²) in [6, 6.07) is 0. The fourth-order valence-electron chi connectivity index (χ4n) is 1.73. The summed E-state index contributed by atoms with van der Waals surface area (Å²) in [7, 11) is 0. The lowest BCUT2D eigenvalue weighted by molar-refractivity contribution is -0.151. The van der Waals surface area contributed by atoms with Crippen molar-refractivity contribution in [2.75, 3.05) is 6.61 Å². The first-order chi connectivity index (χ1) is 9.29. The van der Waals surface area contributed by atoms with Crippen LogP contribution in [0.25, 0.3) is 0 Å². The van der Waals surface area contributed by atoms with Gasteiger partial charge in [-0.1, -0.05) is 32.4 Å². The van der Waals surface area contributed by atoms with Gasteiger partial charge in [0, 0.05) is 0 Å². The third-order valence-electron chi connectivity index (χ3n) is 3.44. The third-order valence-corrected chi connectivity index (χ3v) is 3.44. The molecular weight excluding hydrogens is 264 g/mol. The Hall–Kier alpha value is -1.09. The van der Waals surface area contributed by atoms with Crippen molar-refractivity contribution in [3.8, 4) is 0 Å². The summed E-state index contributed by atoms with van der Waals surface area (Å²) in [5, 5.41) is 0. The van der Waals surface area contributed by atoms with Gasteiger partial charge >= 0.3 is 5.97 Å². The molecule has 0 aromatic rings. The largest absolute Gasteiger partial charge is 0.434 e. The van der Waals surface area contributed by atoms with Crippen molar-refractivity contribution >= 4 is 5.97 Å². The van der Waals surface area contributed by atoms with Crippen molar-refractivity contribution in [1.82, 2.24) is 0 Å². The summed E-state index contributed by atoms with van der Waals surface area (Å²) in [6.45, 7) is 18.4. The van der Waals surface area contributed by atoms with Crippen molar-refractivity contribution in [3.05, 3.63) is 24.0 Å². The van der Waals surface area contributed by atoms with E-state index in [1.54, 1.807) is 6.08 Å². The highest BCUT2D eigenvalue weighted by Crippen LogP contribution is 2.41. The Morgan fingerprint density at radius 3 is 1.90 bits per heavy atom. The second-order valence-electron chi connectivity index (χ2n) is 7.87. The normalized spacial score (nSPS) is 15.7. The maximum absolute atomic E-state index is 12.4. The minimum absolute atomic E-state index is 0.198. The van der Waals surface area contributed by atoms with Crippen LogP contribution in [0.1, 0.15) is 62.3 Å². The average molecular weight is 296 g/mol. The molecule has 1 unspecified atom stereocenters. The number of carbonyl (C=O) groups excluding carboxylic acids is 1. The van der Waals surface area contributed by atoms with Gasteiger partial charge in [0.05, 0.1) is 23.9 Å². The van der Waals surface area contributed by atoms with Gasteiger partial charge in [-0.3, -0.25) is 4.79 Å². The molecule has 0 saturated carbocycles. The molecule has 0 radical (unpaired) electrons. The van der Waals surface area contributed by atoms with E-state index in [0.717, 1.165) is 5.57 Å². The average Bonchev–Trinajstić information content (AvgIpc) is 2.23. The molecule has 0 aromatic carbocycles. The number of hydrogen-bond donors (Lipinski definition) is 0. The highest BCUT2D eigenvalue weighted by molar-refractivity contribution is 5.80. The Bertz CT molecular complexity index is 401. The Morgan fingerprint density at radius 2 is 1.52 bits per heavy atom. The van der Waals surface area contributed by atoms with E-state index in [2.05, 4.69) is 0 Å². The van der Waals surface area contributed by atoms with E-state index in [0.29, 0.717) is 6.61 Å². The maximum Gasteiger partial charge on any atom is 0.320 e. The van der Waals surface area contributed by atoms with Gasteiger partial charge in [-0.15, -0.1) is 0 Å². The van der Waals surface area contributed by atoms with E-state index >= 15 is 0 Å². The zero-order valence-corrected chi connectivity index (χ0v) is 15.2. The molecule has 0 aromatic heterocycles. The minimum atomic E-state index is -0.666. The standard InChI is InChI=1S/C18H32O3/c1-14(2)13-18(9,16(3,4)5)15(19)20-11-10-12-21-17(6,7)8/h10-11,13H,12H2,1-9H3. The van der Waals surface area contributed by atoms with Gasteiger partial charge < -0.3 is 9.47 Å². The summed E-state index contributed by atoms with van der Waals surface area (Å²) >= 11 is 0. The molecule has 3 heteroatoms. The van der Waals surface area contributed by atoms with Crippen LogP contribution in [-0.4, -0.2) is 18.2 Å². The molecule has 0 saturated heterocycles. The second kappa shape index (κ2) is 7.26. The predicted molar refractivity (Wildman–Crippen MR) is 87.9 cm³/mol. The molecule has 0 aliphatic heterocycles. The second-order valence-corrected chi connectivity index (χ2v) is 7.87. The zero-order chi connectivity index (χ0) is 16.9. The molecule has 0 fully saturated rings. The third kappa shape index (κ3) is 6.94. The quantitative estimate of drug-likeness (QED) is 0.412. The Labute approximate surface area is 130 Å². The molecule has 0 aliphatic carbocycles. The van der Waals surface area contributed by atoms with Crippen LogP contribution in [-0.2, 0) is 14.3 Å². The Balaban J connectivity index is 4.81. The first-order valence-electron chi connectivity index (χ1n) is 7.46. The van der Waals surface area contributed by atoms with Crippen molar-refractivity contribution in [3.63, 3.8) is 0 Å². The summed E-state index contributed by atoms with van der Waals surface area (Å²) in [6.07, 6.45) is 5.13. The van der Waals surface area contributed by atoms with Crippen molar-refractivity contribution in [2.24, 2.45) is 10.8 Å². The van der Waals surface area contributed by atoms with Gasteiger partial charge in [-0.05, 0) is 53.0 Å². The van der Waals surface area contributed by atoms with Crippen LogP contribution in [0, 0.1) is 10.8 Å². The molecule has 1 atom stereocenters. The summed E-state index contributed by atoms with van der Waals surface area (Å²) in [5.41, 5.74) is 0.0125. The van der Waals surface area contributed by atoms with E-state index < -0.39 is 5.41 Å². The minimum Gasteiger partial charge on any atom is -0.434 e. The summed E-state index contributed by atoms with van der Waals surface area (Å²) in [4.78, 5) is 12.4. The Morgan fingerprint density at radius 1 is 1.00 bits per heavy atom. The van der Waals surface area contributed by atoms with Gasteiger partial charge in [-0.25, -0.2) is 0 Å². The number of rotatable bonds is 5.